The monoisotopic (exact) mass is 307 g/mol. The molecular formula is C18H14FN3O. The zero-order valence-corrected chi connectivity index (χ0v) is 12.3. The van der Waals surface area contributed by atoms with Gasteiger partial charge in [-0.15, -0.1) is 0 Å². The minimum absolute atomic E-state index is 0.0402. The van der Waals surface area contributed by atoms with Gasteiger partial charge in [-0.05, 0) is 42.5 Å². The lowest BCUT2D eigenvalue weighted by Gasteiger charge is -2.10. The molecule has 0 bridgehead atoms. The number of nitrogens with zero attached hydrogens (tertiary/aromatic N) is 1. The molecule has 0 radical (unpaired) electrons. The minimum atomic E-state index is -0.270. The third-order valence-corrected chi connectivity index (χ3v) is 4.02. The highest BCUT2D eigenvalue weighted by atomic mass is 19.1. The van der Waals surface area contributed by atoms with Crippen molar-refractivity contribution >= 4 is 5.91 Å². The van der Waals surface area contributed by atoms with Gasteiger partial charge in [0.15, 0.2) is 0 Å². The molecule has 3 heterocycles. The number of fused-ring (bicyclic) bond motifs is 1. The predicted molar refractivity (Wildman–Crippen MR) is 85.5 cm³/mol. The van der Waals surface area contributed by atoms with Crippen molar-refractivity contribution in [3.63, 3.8) is 0 Å². The summed E-state index contributed by atoms with van der Waals surface area (Å²) in [7, 11) is 0. The fourth-order valence-corrected chi connectivity index (χ4v) is 2.83. The number of hydrogen-bond donors (Lipinski definition) is 2. The van der Waals surface area contributed by atoms with Crippen molar-refractivity contribution in [2.24, 2.45) is 0 Å². The highest BCUT2D eigenvalue weighted by molar-refractivity contribution is 5.97. The van der Waals surface area contributed by atoms with Gasteiger partial charge < -0.3 is 10.3 Å². The summed E-state index contributed by atoms with van der Waals surface area (Å²) in [6.45, 7) is 0.656. The topological polar surface area (TPSA) is 57.8 Å². The van der Waals surface area contributed by atoms with E-state index in [0.29, 0.717) is 12.1 Å². The van der Waals surface area contributed by atoms with Gasteiger partial charge in [0.25, 0.3) is 5.91 Å². The quantitative estimate of drug-likeness (QED) is 0.764. The molecule has 0 atom stereocenters. The molecule has 5 heteroatoms. The van der Waals surface area contributed by atoms with Gasteiger partial charge in [0.2, 0.25) is 0 Å². The van der Waals surface area contributed by atoms with E-state index in [9.17, 15) is 9.18 Å². The van der Waals surface area contributed by atoms with E-state index in [-0.39, 0.29) is 11.7 Å². The lowest BCUT2D eigenvalue weighted by Crippen LogP contribution is -2.31. The Balaban J connectivity index is 1.74. The number of halogens is 1. The Kier molecular flexibility index (Phi) is 3.19. The highest BCUT2D eigenvalue weighted by Gasteiger charge is 2.20. The standard InChI is InChI=1S/C18H14FN3O/c19-13-3-1-11(2-4-13)16-9-12(5-7-20-16)17-10-14-15(22-17)6-8-21-18(14)23/h1-5,7,9-10,22H,6,8H2,(H,21,23). The number of rotatable bonds is 2. The van der Waals surface area contributed by atoms with Crippen molar-refractivity contribution in [3.05, 3.63) is 65.7 Å². The first kappa shape index (κ1) is 13.7. The molecule has 3 aromatic rings. The van der Waals surface area contributed by atoms with E-state index in [1.54, 1.807) is 18.3 Å². The second-order valence-corrected chi connectivity index (χ2v) is 5.52. The summed E-state index contributed by atoms with van der Waals surface area (Å²) in [6, 6.07) is 11.9. The smallest absolute Gasteiger partial charge is 0.253 e. The molecule has 4 nitrogen and oxygen atoms in total. The molecule has 1 aliphatic rings. The molecule has 1 aliphatic heterocycles. The van der Waals surface area contributed by atoms with Crippen molar-refractivity contribution in [1.82, 2.24) is 15.3 Å². The lowest BCUT2D eigenvalue weighted by molar-refractivity contribution is 0.0946. The average Bonchev–Trinajstić information content (AvgIpc) is 3.01. The zero-order valence-electron chi connectivity index (χ0n) is 12.3. The summed E-state index contributed by atoms with van der Waals surface area (Å²) >= 11 is 0. The Morgan fingerprint density at radius 2 is 1.87 bits per heavy atom. The van der Waals surface area contributed by atoms with Crippen LogP contribution in [0.1, 0.15) is 16.1 Å². The minimum Gasteiger partial charge on any atom is -0.358 e. The number of carbonyl (C=O) groups is 1. The summed E-state index contributed by atoms with van der Waals surface area (Å²) in [6.07, 6.45) is 2.52. The van der Waals surface area contributed by atoms with Crippen molar-refractivity contribution in [1.29, 1.82) is 0 Å². The Bertz CT molecular complexity index is 884. The van der Waals surface area contributed by atoms with Crippen LogP contribution in [0.15, 0.2) is 48.7 Å². The van der Waals surface area contributed by atoms with Crippen LogP contribution >= 0.6 is 0 Å². The molecule has 0 fully saturated rings. The van der Waals surface area contributed by atoms with Gasteiger partial charge in [0, 0.05) is 41.7 Å². The van der Waals surface area contributed by atoms with E-state index in [2.05, 4.69) is 15.3 Å². The number of hydrogen-bond acceptors (Lipinski definition) is 2. The number of nitrogens with one attached hydrogen (secondary N) is 2. The van der Waals surface area contributed by atoms with Gasteiger partial charge >= 0.3 is 0 Å². The Morgan fingerprint density at radius 1 is 1.04 bits per heavy atom. The highest BCUT2D eigenvalue weighted by Crippen LogP contribution is 2.27. The molecule has 0 aliphatic carbocycles. The molecule has 0 saturated carbocycles. The molecule has 0 spiro atoms. The van der Waals surface area contributed by atoms with Crippen molar-refractivity contribution in [2.45, 2.75) is 6.42 Å². The Labute approximate surface area is 132 Å². The second kappa shape index (κ2) is 5.35. The molecule has 23 heavy (non-hydrogen) atoms. The van der Waals surface area contributed by atoms with Gasteiger partial charge in [0.05, 0.1) is 11.3 Å². The van der Waals surface area contributed by atoms with Crippen molar-refractivity contribution in [2.75, 3.05) is 6.54 Å². The van der Waals surface area contributed by atoms with E-state index in [1.807, 2.05) is 18.2 Å². The van der Waals surface area contributed by atoms with Crippen LogP contribution in [-0.4, -0.2) is 22.4 Å². The van der Waals surface area contributed by atoms with Crippen LogP contribution in [0.5, 0.6) is 0 Å². The summed E-state index contributed by atoms with van der Waals surface area (Å²) in [5.41, 5.74) is 5.11. The fraction of sp³-hybridized carbons (Fsp3) is 0.111. The Morgan fingerprint density at radius 3 is 2.65 bits per heavy atom. The summed E-state index contributed by atoms with van der Waals surface area (Å²) in [4.78, 5) is 19.5. The molecule has 1 amide bonds. The van der Waals surface area contributed by atoms with Crippen LogP contribution in [0, 0.1) is 5.82 Å². The first-order chi connectivity index (χ1) is 11.2. The number of aromatic amines is 1. The number of H-pyrrole nitrogens is 1. The first-order valence-corrected chi connectivity index (χ1v) is 7.43. The van der Waals surface area contributed by atoms with E-state index >= 15 is 0 Å². The SMILES string of the molecule is O=C1NCCc2[nH]c(-c3ccnc(-c4ccc(F)cc4)c3)cc21. The predicted octanol–water partition coefficient (Wildman–Crippen LogP) is 3.17. The van der Waals surface area contributed by atoms with E-state index in [1.165, 1.54) is 12.1 Å². The number of aromatic nitrogens is 2. The molecular weight excluding hydrogens is 293 g/mol. The molecule has 0 unspecified atom stereocenters. The van der Waals surface area contributed by atoms with Crippen LogP contribution in [0.3, 0.4) is 0 Å². The zero-order chi connectivity index (χ0) is 15.8. The largest absolute Gasteiger partial charge is 0.358 e. The first-order valence-electron chi connectivity index (χ1n) is 7.43. The van der Waals surface area contributed by atoms with Crippen LogP contribution in [0.4, 0.5) is 4.39 Å². The van der Waals surface area contributed by atoms with E-state index in [0.717, 1.165) is 34.6 Å². The van der Waals surface area contributed by atoms with Crippen LogP contribution in [0.2, 0.25) is 0 Å². The second-order valence-electron chi connectivity index (χ2n) is 5.52. The van der Waals surface area contributed by atoms with Gasteiger partial charge in [-0.3, -0.25) is 9.78 Å². The van der Waals surface area contributed by atoms with Crippen LogP contribution < -0.4 is 5.32 Å². The number of carbonyl (C=O) groups excluding carboxylic acids is 1. The molecule has 4 rings (SSSR count). The average molecular weight is 307 g/mol. The number of benzene rings is 1. The lowest BCUT2D eigenvalue weighted by atomic mass is 10.1. The Hall–Kier alpha value is -2.95. The van der Waals surface area contributed by atoms with Crippen LogP contribution in [-0.2, 0) is 6.42 Å². The molecule has 1 aromatic carbocycles. The third-order valence-electron chi connectivity index (χ3n) is 4.02. The molecule has 2 N–H and O–H groups in total. The van der Waals surface area contributed by atoms with Crippen molar-refractivity contribution < 1.29 is 9.18 Å². The fourth-order valence-electron chi connectivity index (χ4n) is 2.83. The van der Waals surface area contributed by atoms with Gasteiger partial charge in [-0.2, -0.15) is 0 Å². The maximum atomic E-state index is 13.1. The summed E-state index contributed by atoms with van der Waals surface area (Å²) in [5, 5.41) is 2.84. The van der Waals surface area contributed by atoms with E-state index < -0.39 is 0 Å². The van der Waals surface area contributed by atoms with Crippen LogP contribution in [0.25, 0.3) is 22.5 Å². The van der Waals surface area contributed by atoms with Gasteiger partial charge in [-0.1, -0.05) is 0 Å². The maximum absolute atomic E-state index is 13.1. The number of amides is 1. The molecule has 0 saturated heterocycles. The van der Waals surface area contributed by atoms with Crippen molar-refractivity contribution in [3.8, 4) is 22.5 Å². The van der Waals surface area contributed by atoms with Gasteiger partial charge in [0.1, 0.15) is 5.82 Å². The number of pyridine rings is 1. The molecule has 2 aromatic heterocycles. The summed E-state index contributed by atoms with van der Waals surface area (Å²) in [5.74, 6) is -0.311. The third kappa shape index (κ3) is 2.50. The van der Waals surface area contributed by atoms with E-state index in [4.69, 9.17) is 0 Å². The summed E-state index contributed by atoms with van der Waals surface area (Å²) < 4.78 is 13.1. The normalized spacial score (nSPS) is 13.5. The molecule has 114 valence electrons. The maximum Gasteiger partial charge on any atom is 0.253 e. The van der Waals surface area contributed by atoms with Gasteiger partial charge in [-0.25, -0.2) is 4.39 Å².